The number of ether oxygens (including phenoxy) is 1. The van der Waals surface area contributed by atoms with E-state index in [2.05, 4.69) is 4.98 Å². The monoisotopic (exact) mass is 279 g/mol. The molecule has 108 valence electrons. The van der Waals surface area contributed by atoms with Crippen LogP contribution in [-0.2, 0) is 10.9 Å². The fraction of sp³-hybridized carbons (Fsp3) is 0.636. The number of carbonyl (C=O) groups excluding carboxylic acids is 1. The van der Waals surface area contributed by atoms with E-state index in [0.717, 1.165) is 0 Å². The van der Waals surface area contributed by atoms with Crippen LogP contribution < -0.4 is 5.73 Å². The van der Waals surface area contributed by atoms with Crippen LogP contribution in [-0.4, -0.2) is 21.2 Å². The van der Waals surface area contributed by atoms with E-state index in [0.29, 0.717) is 10.8 Å². The van der Waals surface area contributed by atoms with E-state index in [1.54, 1.807) is 20.8 Å². The zero-order valence-electron chi connectivity index (χ0n) is 11.1. The molecule has 5 nitrogen and oxygen atoms in total. The van der Waals surface area contributed by atoms with Gasteiger partial charge in [-0.1, -0.05) is 0 Å². The van der Waals surface area contributed by atoms with Crippen LogP contribution in [0.1, 0.15) is 45.3 Å². The Labute approximate surface area is 108 Å². The van der Waals surface area contributed by atoms with Crippen molar-refractivity contribution >= 4 is 6.09 Å². The molecule has 0 aliphatic rings. The van der Waals surface area contributed by atoms with E-state index >= 15 is 0 Å². The number of nitrogens with two attached hydrogens (primary N) is 1. The number of hydrogen-bond donors (Lipinski definition) is 1. The number of aromatic nitrogens is 2. The van der Waals surface area contributed by atoms with E-state index in [9.17, 15) is 18.0 Å². The topological polar surface area (TPSA) is 70.1 Å². The van der Waals surface area contributed by atoms with Crippen LogP contribution in [0.5, 0.6) is 0 Å². The second-order valence-electron chi connectivity index (χ2n) is 5.12. The van der Waals surface area contributed by atoms with Gasteiger partial charge in [-0.3, -0.25) is 0 Å². The van der Waals surface area contributed by atoms with Crippen molar-refractivity contribution in [2.75, 3.05) is 0 Å². The van der Waals surface area contributed by atoms with Crippen LogP contribution in [0.2, 0.25) is 0 Å². The lowest BCUT2D eigenvalue weighted by Gasteiger charge is -2.20. The van der Waals surface area contributed by atoms with Crippen molar-refractivity contribution in [3.8, 4) is 0 Å². The smallest absolute Gasteiger partial charge is 0.434 e. The molecule has 1 rings (SSSR count). The van der Waals surface area contributed by atoms with E-state index in [-0.39, 0.29) is 5.82 Å². The third-order valence-electron chi connectivity index (χ3n) is 2.02. The summed E-state index contributed by atoms with van der Waals surface area (Å²) < 4.78 is 43.4. The summed E-state index contributed by atoms with van der Waals surface area (Å²) in [5, 5.41) is 0. The summed E-state index contributed by atoms with van der Waals surface area (Å²) in [7, 11) is 0. The molecule has 0 saturated carbocycles. The molecule has 0 spiro atoms. The van der Waals surface area contributed by atoms with Gasteiger partial charge in [0.05, 0.1) is 6.04 Å². The molecule has 0 aromatic carbocycles. The zero-order chi connectivity index (χ0) is 15.0. The first-order valence-electron chi connectivity index (χ1n) is 5.57. The minimum absolute atomic E-state index is 0.193. The molecule has 0 aliphatic heterocycles. The highest BCUT2D eigenvalue weighted by Gasteiger charge is 2.36. The quantitative estimate of drug-likeness (QED) is 0.858. The molecule has 1 aromatic heterocycles. The van der Waals surface area contributed by atoms with Crippen LogP contribution in [0.4, 0.5) is 18.0 Å². The van der Waals surface area contributed by atoms with Crippen molar-refractivity contribution in [3.63, 3.8) is 0 Å². The van der Waals surface area contributed by atoms with Gasteiger partial charge >= 0.3 is 12.3 Å². The van der Waals surface area contributed by atoms with Crippen molar-refractivity contribution in [2.24, 2.45) is 5.73 Å². The Bertz CT molecular complexity index is 473. The van der Waals surface area contributed by atoms with Gasteiger partial charge in [-0.15, -0.1) is 0 Å². The average molecular weight is 279 g/mol. The highest BCUT2D eigenvalue weighted by atomic mass is 19.4. The maximum atomic E-state index is 12.6. The lowest BCUT2D eigenvalue weighted by molar-refractivity contribution is -0.141. The van der Waals surface area contributed by atoms with Gasteiger partial charge in [0, 0.05) is 6.20 Å². The molecular weight excluding hydrogens is 263 g/mol. The summed E-state index contributed by atoms with van der Waals surface area (Å²) in [4.78, 5) is 15.1. The number of alkyl halides is 3. The van der Waals surface area contributed by atoms with E-state index in [1.165, 1.54) is 6.92 Å². The number of halogens is 3. The lowest BCUT2D eigenvalue weighted by Crippen LogP contribution is -2.29. The number of imidazole rings is 1. The van der Waals surface area contributed by atoms with Crippen molar-refractivity contribution in [1.82, 2.24) is 9.55 Å². The van der Waals surface area contributed by atoms with Crippen molar-refractivity contribution in [3.05, 3.63) is 17.7 Å². The highest BCUT2D eigenvalue weighted by Crippen LogP contribution is 2.29. The van der Waals surface area contributed by atoms with Gasteiger partial charge in [0.2, 0.25) is 0 Å². The van der Waals surface area contributed by atoms with Gasteiger partial charge in [-0.25, -0.2) is 14.3 Å². The van der Waals surface area contributed by atoms with Crippen molar-refractivity contribution < 1.29 is 22.7 Å². The Kier molecular flexibility index (Phi) is 3.94. The summed E-state index contributed by atoms with van der Waals surface area (Å²) in [5.41, 5.74) is 3.51. The molecule has 0 saturated heterocycles. The maximum absolute atomic E-state index is 12.6. The summed E-state index contributed by atoms with van der Waals surface area (Å²) in [6, 6.07) is -0.830. The Balaban J connectivity index is 3.19. The SMILES string of the molecule is CC(N)c1nc(C(F)(F)F)cn1C(=O)OC(C)(C)C. The standard InChI is InChI=1S/C11H16F3N3O2/c1-6(15)8-16-7(11(12,13)14)5-17(8)9(18)19-10(2,3)4/h5-6H,15H2,1-4H3. The predicted octanol–water partition coefficient (Wildman–Crippen LogP) is 2.70. The summed E-state index contributed by atoms with van der Waals surface area (Å²) in [6.07, 6.45) is -4.99. The minimum Gasteiger partial charge on any atom is -0.443 e. The third-order valence-corrected chi connectivity index (χ3v) is 2.02. The van der Waals surface area contributed by atoms with Gasteiger partial charge in [0.25, 0.3) is 0 Å². The number of rotatable bonds is 1. The molecule has 2 N–H and O–H groups in total. The van der Waals surface area contributed by atoms with E-state index < -0.39 is 29.6 Å². The summed E-state index contributed by atoms with van der Waals surface area (Å²) in [6.45, 7) is 6.26. The lowest BCUT2D eigenvalue weighted by atomic mass is 10.2. The van der Waals surface area contributed by atoms with Crippen LogP contribution in [0.25, 0.3) is 0 Å². The fourth-order valence-corrected chi connectivity index (χ4v) is 1.31. The normalized spacial score (nSPS) is 14.3. The molecule has 0 amide bonds. The first kappa shape index (κ1) is 15.5. The molecule has 1 heterocycles. The Morgan fingerprint density at radius 3 is 2.32 bits per heavy atom. The molecule has 0 radical (unpaired) electrons. The van der Waals surface area contributed by atoms with Gasteiger partial charge in [-0.05, 0) is 27.7 Å². The number of nitrogens with zero attached hydrogens (tertiary/aromatic N) is 2. The zero-order valence-corrected chi connectivity index (χ0v) is 11.1. The van der Waals surface area contributed by atoms with Crippen molar-refractivity contribution in [2.45, 2.75) is 45.5 Å². The average Bonchev–Trinajstić information content (AvgIpc) is 2.57. The highest BCUT2D eigenvalue weighted by molar-refractivity contribution is 5.72. The predicted molar refractivity (Wildman–Crippen MR) is 61.5 cm³/mol. The van der Waals surface area contributed by atoms with Crippen LogP contribution >= 0.6 is 0 Å². The van der Waals surface area contributed by atoms with Gasteiger partial charge in [0.1, 0.15) is 11.4 Å². The molecule has 8 heteroatoms. The molecule has 1 atom stereocenters. The molecule has 1 aromatic rings. The fourth-order valence-electron chi connectivity index (χ4n) is 1.31. The Morgan fingerprint density at radius 2 is 1.95 bits per heavy atom. The molecular formula is C11H16F3N3O2. The van der Waals surface area contributed by atoms with Gasteiger partial charge in [-0.2, -0.15) is 13.2 Å². The van der Waals surface area contributed by atoms with Crippen LogP contribution in [0.3, 0.4) is 0 Å². The summed E-state index contributed by atoms with van der Waals surface area (Å²) in [5.74, 6) is -0.193. The van der Waals surface area contributed by atoms with E-state index in [1.807, 2.05) is 0 Å². The van der Waals surface area contributed by atoms with Gasteiger partial charge in [0.15, 0.2) is 5.69 Å². The molecule has 0 fully saturated rings. The van der Waals surface area contributed by atoms with Crippen LogP contribution in [0, 0.1) is 0 Å². The molecule has 0 bridgehead atoms. The minimum atomic E-state index is -4.64. The largest absolute Gasteiger partial charge is 0.443 e. The molecule has 0 aliphatic carbocycles. The maximum Gasteiger partial charge on any atom is 0.434 e. The van der Waals surface area contributed by atoms with E-state index in [4.69, 9.17) is 10.5 Å². The van der Waals surface area contributed by atoms with Crippen LogP contribution in [0.15, 0.2) is 6.20 Å². The van der Waals surface area contributed by atoms with Crippen molar-refractivity contribution in [1.29, 1.82) is 0 Å². The third kappa shape index (κ3) is 3.95. The first-order chi connectivity index (χ1) is 8.42. The second kappa shape index (κ2) is 4.84. The number of carbonyl (C=O) groups is 1. The second-order valence-corrected chi connectivity index (χ2v) is 5.12. The first-order valence-corrected chi connectivity index (χ1v) is 5.57. The molecule has 19 heavy (non-hydrogen) atoms. The summed E-state index contributed by atoms with van der Waals surface area (Å²) >= 11 is 0. The van der Waals surface area contributed by atoms with Gasteiger partial charge < -0.3 is 10.5 Å². The Hall–Kier alpha value is -1.57. The molecule has 1 unspecified atom stereocenters. The number of hydrogen-bond acceptors (Lipinski definition) is 4. The Morgan fingerprint density at radius 1 is 1.42 bits per heavy atom.